The van der Waals surface area contributed by atoms with Crippen molar-refractivity contribution in [2.24, 2.45) is 5.73 Å². The Hall–Kier alpha value is -2.18. The Labute approximate surface area is 121 Å². The minimum Gasteiger partial charge on any atom is -0.422 e. The van der Waals surface area contributed by atoms with Crippen LogP contribution in [0.1, 0.15) is 17.3 Å². The van der Waals surface area contributed by atoms with E-state index in [0.717, 1.165) is 5.69 Å². The molecule has 0 amide bonds. The molecule has 6 heteroatoms. The van der Waals surface area contributed by atoms with Crippen LogP contribution in [0, 0.1) is 0 Å². The fourth-order valence-electron chi connectivity index (χ4n) is 1.95. The molecule has 2 aromatic rings. The van der Waals surface area contributed by atoms with Gasteiger partial charge in [-0.25, -0.2) is 4.79 Å². The van der Waals surface area contributed by atoms with Gasteiger partial charge in [0.25, 0.3) is 0 Å². The van der Waals surface area contributed by atoms with E-state index in [-0.39, 0.29) is 5.56 Å². The third-order valence-corrected chi connectivity index (χ3v) is 3.32. The van der Waals surface area contributed by atoms with Crippen LogP contribution in [-0.4, -0.2) is 37.1 Å². The smallest absolute Gasteiger partial charge is 0.347 e. The zero-order chi connectivity index (χ0) is 15.7. The minimum atomic E-state index is -1.15. The first-order valence-corrected chi connectivity index (χ1v) is 6.54. The number of fused-ring (bicyclic) bond motifs is 1. The van der Waals surface area contributed by atoms with Crippen molar-refractivity contribution in [2.75, 3.05) is 19.0 Å². The maximum atomic E-state index is 12.1. The average molecular weight is 290 g/mol. The van der Waals surface area contributed by atoms with Crippen molar-refractivity contribution in [2.45, 2.75) is 19.1 Å². The van der Waals surface area contributed by atoms with Crippen molar-refractivity contribution < 1.29 is 14.3 Å². The topological polar surface area (TPSA) is 96.8 Å². The molecule has 0 unspecified atom stereocenters. The molecule has 6 nitrogen and oxygen atoms in total. The fraction of sp³-hybridized carbons (Fsp3) is 0.333. The molecule has 1 heterocycles. The molecule has 2 atom stereocenters. The highest BCUT2D eigenvalue weighted by molar-refractivity contribution is 6.02. The number of hydrogen-bond donors (Lipinski definition) is 2. The fourth-order valence-corrected chi connectivity index (χ4v) is 1.95. The lowest BCUT2D eigenvalue weighted by Crippen LogP contribution is -2.41. The summed E-state index contributed by atoms with van der Waals surface area (Å²) in [6.07, 6.45) is -1.04. The van der Waals surface area contributed by atoms with Crippen molar-refractivity contribution in [1.29, 1.82) is 0 Å². The lowest BCUT2D eigenvalue weighted by molar-refractivity contribution is 0.0844. The van der Waals surface area contributed by atoms with E-state index in [9.17, 15) is 14.7 Å². The van der Waals surface area contributed by atoms with Crippen molar-refractivity contribution in [3.63, 3.8) is 0 Å². The van der Waals surface area contributed by atoms with Gasteiger partial charge in [-0.15, -0.1) is 0 Å². The van der Waals surface area contributed by atoms with Crippen LogP contribution in [0.25, 0.3) is 11.0 Å². The second-order valence-electron chi connectivity index (χ2n) is 5.19. The molecule has 0 radical (unpaired) electrons. The Morgan fingerprint density at radius 2 is 2.00 bits per heavy atom. The number of nitrogens with zero attached hydrogens (tertiary/aromatic N) is 1. The van der Waals surface area contributed by atoms with Gasteiger partial charge in [-0.05, 0) is 25.1 Å². The van der Waals surface area contributed by atoms with Gasteiger partial charge < -0.3 is 20.2 Å². The van der Waals surface area contributed by atoms with Gasteiger partial charge >= 0.3 is 5.63 Å². The highest BCUT2D eigenvalue weighted by Crippen LogP contribution is 2.20. The van der Waals surface area contributed by atoms with Gasteiger partial charge in [-0.3, -0.25) is 4.79 Å². The van der Waals surface area contributed by atoms with E-state index >= 15 is 0 Å². The van der Waals surface area contributed by atoms with Crippen LogP contribution in [0.5, 0.6) is 0 Å². The molecule has 1 aromatic heterocycles. The largest absolute Gasteiger partial charge is 0.422 e. The van der Waals surface area contributed by atoms with Crippen LogP contribution >= 0.6 is 0 Å². The first kappa shape index (κ1) is 15.2. The number of rotatable bonds is 4. The predicted molar refractivity (Wildman–Crippen MR) is 80.8 cm³/mol. The Kier molecular flexibility index (Phi) is 4.11. The molecule has 0 saturated heterocycles. The monoisotopic (exact) mass is 290 g/mol. The summed E-state index contributed by atoms with van der Waals surface area (Å²) in [5.74, 6) is -0.627. The summed E-state index contributed by atoms with van der Waals surface area (Å²) < 4.78 is 5.19. The third-order valence-electron chi connectivity index (χ3n) is 3.32. The lowest BCUT2D eigenvalue weighted by Gasteiger charge is -2.14. The van der Waals surface area contributed by atoms with Crippen molar-refractivity contribution in [3.05, 3.63) is 40.2 Å². The molecule has 0 aliphatic carbocycles. The van der Waals surface area contributed by atoms with Gasteiger partial charge in [-0.1, -0.05) is 0 Å². The number of carbonyl (C=O) groups excluding carboxylic acids is 1. The number of hydrogen-bond acceptors (Lipinski definition) is 6. The first-order valence-electron chi connectivity index (χ1n) is 6.54. The Bertz CT molecular complexity index is 734. The highest BCUT2D eigenvalue weighted by Gasteiger charge is 2.24. The summed E-state index contributed by atoms with van der Waals surface area (Å²) in [6.45, 7) is 1.40. The van der Waals surface area contributed by atoms with Crippen LogP contribution in [0.3, 0.4) is 0 Å². The summed E-state index contributed by atoms with van der Waals surface area (Å²) in [7, 11) is 3.75. The molecule has 2 rings (SSSR count). The lowest BCUT2D eigenvalue weighted by atomic mass is 10.0. The molecule has 3 N–H and O–H groups in total. The average Bonchev–Trinajstić information content (AvgIpc) is 2.44. The molecule has 0 fully saturated rings. The van der Waals surface area contributed by atoms with E-state index in [2.05, 4.69) is 0 Å². The molecule has 1 aromatic carbocycles. The van der Waals surface area contributed by atoms with E-state index in [0.29, 0.717) is 11.0 Å². The number of benzene rings is 1. The Morgan fingerprint density at radius 1 is 1.33 bits per heavy atom. The highest BCUT2D eigenvalue weighted by atomic mass is 16.4. The summed E-state index contributed by atoms with van der Waals surface area (Å²) >= 11 is 0. The molecule has 0 saturated carbocycles. The summed E-state index contributed by atoms with van der Waals surface area (Å²) in [6, 6.07) is 5.64. The van der Waals surface area contributed by atoms with Crippen molar-refractivity contribution in [3.8, 4) is 0 Å². The SMILES string of the molecule is C[C@@H](O)[C@H](N)C(=O)c1cc2ccc(N(C)C)cc2oc1=O. The summed E-state index contributed by atoms with van der Waals surface area (Å²) in [5.41, 5.74) is 5.96. The van der Waals surface area contributed by atoms with Gasteiger partial charge in [0.1, 0.15) is 11.1 Å². The molecular weight excluding hydrogens is 272 g/mol. The summed E-state index contributed by atoms with van der Waals surface area (Å²) in [5, 5.41) is 10.00. The summed E-state index contributed by atoms with van der Waals surface area (Å²) in [4.78, 5) is 25.9. The van der Waals surface area contributed by atoms with E-state index in [1.807, 2.05) is 25.1 Å². The second-order valence-corrected chi connectivity index (χ2v) is 5.19. The van der Waals surface area contributed by atoms with Gasteiger partial charge in [0.15, 0.2) is 5.78 Å². The number of aliphatic hydroxyl groups is 1. The number of aliphatic hydroxyl groups excluding tert-OH is 1. The Morgan fingerprint density at radius 3 is 2.57 bits per heavy atom. The number of carbonyl (C=O) groups is 1. The number of anilines is 1. The maximum Gasteiger partial charge on any atom is 0.347 e. The van der Waals surface area contributed by atoms with Crippen LogP contribution in [0.15, 0.2) is 33.5 Å². The number of ketones is 1. The van der Waals surface area contributed by atoms with Crippen LogP contribution in [0.2, 0.25) is 0 Å². The predicted octanol–water partition coefficient (Wildman–Crippen LogP) is 0.750. The quantitative estimate of drug-likeness (QED) is 0.637. The van der Waals surface area contributed by atoms with Gasteiger partial charge in [-0.2, -0.15) is 0 Å². The minimum absolute atomic E-state index is 0.145. The molecular formula is C15H18N2O4. The Balaban J connectivity index is 2.54. The van der Waals surface area contributed by atoms with Crippen molar-refractivity contribution in [1.82, 2.24) is 0 Å². The number of Topliss-reactive ketones (excluding diaryl/α,β-unsaturated/α-hetero) is 1. The molecule has 21 heavy (non-hydrogen) atoms. The maximum absolute atomic E-state index is 12.1. The van der Waals surface area contributed by atoms with Gasteiger partial charge in [0.2, 0.25) is 0 Å². The standard InChI is InChI=1S/C15H18N2O4/c1-8(18)13(16)14(19)11-6-9-4-5-10(17(2)3)7-12(9)21-15(11)20/h4-8,13,18H,16H2,1-3H3/t8-,13+/m1/s1. The molecule has 0 aliphatic rings. The molecule has 0 spiro atoms. The zero-order valence-corrected chi connectivity index (χ0v) is 12.2. The normalized spacial score (nSPS) is 14.0. The molecule has 0 bridgehead atoms. The van der Waals surface area contributed by atoms with Crippen LogP contribution in [0.4, 0.5) is 5.69 Å². The van der Waals surface area contributed by atoms with E-state index in [4.69, 9.17) is 10.2 Å². The van der Waals surface area contributed by atoms with E-state index < -0.39 is 23.6 Å². The zero-order valence-electron chi connectivity index (χ0n) is 12.2. The molecule has 0 aliphatic heterocycles. The van der Waals surface area contributed by atoms with Crippen molar-refractivity contribution >= 4 is 22.4 Å². The first-order chi connectivity index (χ1) is 9.81. The molecule has 112 valence electrons. The van der Waals surface area contributed by atoms with Gasteiger partial charge in [0.05, 0.1) is 12.1 Å². The van der Waals surface area contributed by atoms with Crippen LogP contribution in [-0.2, 0) is 0 Å². The van der Waals surface area contributed by atoms with E-state index in [1.54, 1.807) is 12.1 Å². The van der Waals surface area contributed by atoms with Gasteiger partial charge in [0, 0.05) is 31.2 Å². The second kappa shape index (κ2) is 5.67. The van der Waals surface area contributed by atoms with E-state index in [1.165, 1.54) is 13.0 Å². The number of nitrogens with two attached hydrogens (primary N) is 1. The van der Waals surface area contributed by atoms with Crippen LogP contribution < -0.4 is 16.3 Å². The third kappa shape index (κ3) is 2.96.